The highest BCUT2D eigenvalue weighted by Gasteiger charge is 2.39. The van der Waals surface area contributed by atoms with Crippen LogP contribution in [0.15, 0.2) is 0 Å². The predicted molar refractivity (Wildman–Crippen MR) is 77.0 cm³/mol. The van der Waals surface area contributed by atoms with Crippen LogP contribution >= 0.6 is 22.6 Å². The molecule has 18 heavy (non-hydrogen) atoms. The molecule has 1 fully saturated rings. The molecule has 0 amide bonds. The highest BCUT2D eigenvalue weighted by atomic mass is 127. The maximum atomic E-state index is 5.96. The van der Waals surface area contributed by atoms with Crippen molar-refractivity contribution in [2.45, 2.75) is 37.9 Å². The number of hydrogen-bond acceptors (Lipinski definition) is 5. The Kier molecular flexibility index (Phi) is 4.39. The fourth-order valence-corrected chi connectivity index (χ4v) is 2.81. The van der Waals surface area contributed by atoms with Gasteiger partial charge in [0.15, 0.2) is 5.82 Å². The van der Waals surface area contributed by atoms with Gasteiger partial charge in [-0.3, -0.25) is 0 Å². The van der Waals surface area contributed by atoms with Crippen molar-refractivity contribution in [2.75, 3.05) is 20.0 Å². The first-order valence-corrected chi connectivity index (χ1v) is 7.07. The average Bonchev–Trinajstić information content (AvgIpc) is 2.85. The van der Waals surface area contributed by atoms with Crippen molar-refractivity contribution in [3.05, 3.63) is 15.1 Å². The molecule has 0 spiro atoms. The van der Waals surface area contributed by atoms with Gasteiger partial charge in [-0.1, -0.05) is 0 Å². The second kappa shape index (κ2) is 5.66. The number of rotatable bonds is 4. The molecule has 0 aromatic carbocycles. The minimum atomic E-state index is -0.360. The van der Waals surface area contributed by atoms with E-state index in [0.717, 1.165) is 34.9 Å². The van der Waals surface area contributed by atoms with E-state index in [4.69, 9.17) is 15.2 Å². The summed E-state index contributed by atoms with van der Waals surface area (Å²) in [6.07, 6.45) is 4.19. The van der Waals surface area contributed by atoms with Crippen LogP contribution in [0.1, 0.15) is 37.2 Å². The van der Waals surface area contributed by atoms with Crippen molar-refractivity contribution in [3.63, 3.8) is 0 Å². The van der Waals surface area contributed by atoms with Gasteiger partial charge in [0.2, 0.25) is 0 Å². The second-order valence-electron chi connectivity index (χ2n) is 4.53. The Balaban J connectivity index is 2.44. The van der Waals surface area contributed by atoms with Gasteiger partial charge < -0.3 is 15.2 Å². The third-order valence-electron chi connectivity index (χ3n) is 3.44. The number of nitrogens with zero attached hydrogens (tertiary/aromatic N) is 2. The number of hydrogen-bond donors (Lipinski definition) is 1. The summed E-state index contributed by atoms with van der Waals surface area (Å²) in [6, 6.07) is 0. The smallest absolute Gasteiger partial charge is 0.163 e. The van der Waals surface area contributed by atoms with Crippen LogP contribution in [0.2, 0.25) is 0 Å². The van der Waals surface area contributed by atoms with Crippen LogP contribution in [-0.2, 0) is 21.7 Å². The van der Waals surface area contributed by atoms with Crippen LogP contribution in [0.3, 0.4) is 0 Å². The maximum absolute atomic E-state index is 5.96. The fraction of sp³-hybridized carbons (Fsp3) is 0.667. The molecule has 1 aromatic heterocycles. The van der Waals surface area contributed by atoms with Crippen molar-refractivity contribution in [3.8, 4) is 0 Å². The molecule has 2 N–H and O–H groups in total. The molecule has 0 saturated heterocycles. The number of nitrogen functional groups attached to an aromatic ring is 1. The van der Waals surface area contributed by atoms with Crippen molar-refractivity contribution in [1.82, 2.24) is 9.97 Å². The quantitative estimate of drug-likeness (QED) is 0.831. The molecule has 1 aliphatic carbocycles. The topological polar surface area (TPSA) is 70.3 Å². The highest BCUT2D eigenvalue weighted by molar-refractivity contribution is 14.1. The van der Waals surface area contributed by atoms with E-state index in [-0.39, 0.29) is 5.60 Å². The van der Waals surface area contributed by atoms with E-state index < -0.39 is 0 Å². The van der Waals surface area contributed by atoms with E-state index in [1.54, 1.807) is 14.2 Å². The van der Waals surface area contributed by atoms with Crippen molar-refractivity contribution in [1.29, 1.82) is 0 Å². The zero-order chi connectivity index (χ0) is 13.2. The molecular weight excluding hydrogens is 345 g/mol. The first-order valence-electron chi connectivity index (χ1n) is 5.99. The Morgan fingerprint density at radius 1 is 1.28 bits per heavy atom. The second-order valence-corrected chi connectivity index (χ2v) is 5.61. The normalized spacial score (nSPS) is 18.2. The van der Waals surface area contributed by atoms with E-state index in [1.807, 2.05) is 0 Å². The number of anilines is 1. The molecule has 0 aliphatic heterocycles. The molecule has 1 aliphatic rings. The minimum absolute atomic E-state index is 0.360. The van der Waals surface area contributed by atoms with Crippen LogP contribution in [0, 0.1) is 3.57 Å². The molecule has 1 heterocycles. The monoisotopic (exact) mass is 363 g/mol. The van der Waals surface area contributed by atoms with Crippen molar-refractivity contribution < 1.29 is 9.47 Å². The Morgan fingerprint density at radius 3 is 2.50 bits per heavy atom. The fourth-order valence-electron chi connectivity index (χ4n) is 2.41. The van der Waals surface area contributed by atoms with Crippen LogP contribution < -0.4 is 5.73 Å². The largest absolute Gasteiger partial charge is 0.383 e. The van der Waals surface area contributed by atoms with E-state index in [2.05, 4.69) is 32.6 Å². The molecule has 2 rings (SSSR count). The summed E-state index contributed by atoms with van der Waals surface area (Å²) in [6.45, 7) is 0.442. The summed E-state index contributed by atoms with van der Waals surface area (Å²) >= 11 is 2.15. The minimum Gasteiger partial charge on any atom is -0.383 e. The zero-order valence-corrected chi connectivity index (χ0v) is 12.9. The van der Waals surface area contributed by atoms with E-state index >= 15 is 0 Å². The Bertz CT molecular complexity index is 434. The van der Waals surface area contributed by atoms with Crippen molar-refractivity contribution in [2.24, 2.45) is 0 Å². The molecule has 0 unspecified atom stereocenters. The molecule has 0 radical (unpaired) electrons. The highest BCUT2D eigenvalue weighted by Crippen LogP contribution is 2.40. The Labute approximate surface area is 121 Å². The third-order valence-corrected chi connectivity index (χ3v) is 4.61. The van der Waals surface area contributed by atoms with Crippen LogP contribution in [-0.4, -0.2) is 24.2 Å². The van der Waals surface area contributed by atoms with Gasteiger partial charge in [0.25, 0.3) is 0 Å². The molecule has 1 aromatic rings. The van der Waals surface area contributed by atoms with E-state index in [9.17, 15) is 0 Å². The lowest BCUT2D eigenvalue weighted by molar-refractivity contribution is -0.0166. The molecule has 0 atom stereocenters. The third kappa shape index (κ3) is 2.46. The predicted octanol–water partition coefficient (Wildman–Crippen LogP) is 2.23. The van der Waals surface area contributed by atoms with Gasteiger partial charge in [0, 0.05) is 14.2 Å². The first-order chi connectivity index (χ1) is 8.63. The molecule has 100 valence electrons. The van der Waals surface area contributed by atoms with E-state index in [1.165, 1.54) is 0 Å². The summed E-state index contributed by atoms with van der Waals surface area (Å²) in [7, 11) is 3.37. The van der Waals surface area contributed by atoms with Gasteiger partial charge in [0.1, 0.15) is 11.4 Å². The van der Waals surface area contributed by atoms with Crippen LogP contribution in [0.25, 0.3) is 0 Å². The number of ether oxygens (including phenoxy) is 2. The number of nitrogens with two attached hydrogens (primary N) is 1. The summed E-state index contributed by atoms with van der Waals surface area (Å²) in [5, 5.41) is 0. The van der Waals surface area contributed by atoms with Crippen LogP contribution in [0.5, 0.6) is 0 Å². The molecule has 6 heteroatoms. The Morgan fingerprint density at radius 2 is 1.94 bits per heavy atom. The molecule has 5 nitrogen and oxygen atoms in total. The van der Waals surface area contributed by atoms with Gasteiger partial charge >= 0.3 is 0 Å². The van der Waals surface area contributed by atoms with Gasteiger partial charge in [-0.25, -0.2) is 9.97 Å². The van der Waals surface area contributed by atoms with Gasteiger partial charge in [0.05, 0.1) is 15.9 Å². The number of aromatic nitrogens is 2. The van der Waals surface area contributed by atoms with E-state index in [0.29, 0.717) is 18.2 Å². The Hall–Kier alpha value is -0.470. The number of halogens is 1. The van der Waals surface area contributed by atoms with Gasteiger partial charge in [-0.15, -0.1) is 0 Å². The lowest BCUT2D eigenvalue weighted by atomic mass is 10.0. The lowest BCUT2D eigenvalue weighted by Crippen LogP contribution is -2.28. The molecule has 1 saturated carbocycles. The van der Waals surface area contributed by atoms with Crippen molar-refractivity contribution >= 4 is 28.4 Å². The zero-order valence-electron chi connectivity index (χ0n) is 10.7. The maximum Gasteiger partial charge on any atom is 0.163 e. The summed E-state index contributed by atoms with van der Waals surface area (Å²) in [5.74, 6) is 1.21. The SMILES string of the molecule is COCc1nc(C2(OC)CCCC2)nc(N)c1I. The standard InChI is InChI=1S/C12H18IN3O2/c1-17-7-8-9(13)10(14)16-11(15-8)12(18-2)5-3-4-6-12/h3-7H2,1-2H3,(H2,14,15,16). The lowest BCUT2D eigenvalue weighted by Gasteiger charge is -2.26. The summed E-state index contributed by atoms with van der Waals surface area (Å²) in [5.41, 5.74) is 6.44. The summed E-state index contributed by atoms with van der Waals surface area (Å²) in [4.78, 5) is 9.02. The summed E-state index contributed by atoms with van der Waals surface area (Å²) < 4.78 is 11.7. The van der Waals surface area contributed by atoms with Crippen LogP contribution in [0.4, 0.5) is 5.82 Å². The number of methoxy groups -OCH3 is 2. The first kappa shape index (κ1) is 14.0. The average molecular weight is 363 g/mol. The molecular formula is C12H18IN3O2. The molecule has 0 bridgehead atoms. The van der Waals surface area contributed by atoms with Gasteiger partial charge in [-0.2, -0.15) is 0 Å². The van der Waals surface area contributed by atoms with Gasteiger partial charge in [-0.05, 0) is 48.3 Å².